The molecule has 1 aromatic carbocycles. The number of hydrogen-bond donors (Lipinski definition) is 0. The van der Waals surface area contributed by atoms with E-state index >= 15 is 0 Å². The van der Waals surface area contributed by atoms with E-state index in [2.05, 4.69) is 34.1 Å². The Morgan fingerprint density at radius 2 is 2.04 bits per heavy atom. The third kappa shape index (κ3) is 1.25. The molecule has 5 nitrogen and oxygen atoms in total. The molecule has 128 valence electrons. The van der Waals surface area contributed by atoms with Crippen molar-refractivity contribution < 1.29 is 14.3 Å². The van der Waals surface area contributed by atoms with E-state index in [4.69, 9.17) is 9.47 Å². The Bertz CT molecular complexity index is 880. The van der Waals surface area contributed by atoms with Crippen LogP contribution >= 0.6 is 0 Å². The van der Waals surface area contributed by atoms with Gasteiger partial charge in [-0.15, -0.1) is 0 Å². The number of carbonyl (C=O) groups is 1. The largest absolute Gasteiger partial charge is 0.454 e. The van der Waals surface area contributed by atoms with Gasteiger partial charge < -0.3 is 14.4 Å². The molecule has 5 heterocycles. The van der Waals surface area contributed by atoms with Gasteiger partial charge in [0.05, 0.1) is 11.2 Å². The van der Waals surface area contributed by atoms with Crippen molar-refractivity contribution in [2.75, 3.05) is 24.8 Å². The Morgan fingerprint density at radius 3 is 2.96 bits per heavy atom. The summed E-state index contributed by atoms with van der Waals surface area (Å²) in [4.78, 5) is 18.2. The predicted octanol–water partition coefficient (Wildman–Crippen LogP) is 2.41. The van der Waals surface area contributed by atoms with E-state index in [0.717, 1.165) is 49.5 Å². The van der Waals surface area contributed by atoms with Gasteiger partial charge in [0, 0.05) is 36.4 Å². The van der Waals surface area contributed by atoms with Crippen molar-refractivity contribution >= 4 is 11.6 Å². The summed E-state index contributed by atoms with van der Waals surface area (Å²) in [6.45, 7) is 2.44. The van der Waals surface area contributed by atoms with Crippen LogP contribution in [-0.2, 0) is 4.79 Å². The van der Waals surface area contributed by atoms with Gasteiger partial charge >= 0.3 is 0 Å². The van der Waals surface area contributed by atoms with Crippen molar-refractivity contribution in [3.8, 4) is 11.5 Å². The van der Waals surface area contributed by atoms with Crippen LogP contribution in [-0.4, -0.2) is 42.3 Å². The van der Waals surface area contributed by atoms with Gasteiger partial charge in [-0.05, 0) is 37.4 Å². The van der Waals surface area contributed by atoms with E-state index in [-0.39, 0.29) is 17.7 Å². The number of amides is 1. The maximum atomic E-state index is 13.3. The van der Waals surface area contributed by atoms with E-state index < -0.39 is 0 Å². The lowest BCUT2D eigenvalue weighted by atomic mass is 9.63. The van der Waals surface area contributed by atoms with Gasteiger partial charge in [0.25, 0.3) is 0 Å². The van der Waals surface area contributed by atoms with Gasteiger partial charge in [0.1, 0.15) is 0 Å². The lowest BCUT2D eigenvalue weighted by Crippen LogP contribution is -2.72. The minimum absolute atomic E-state index is 0.0578. The quantitative estimate of drug-likeness (QED) is 0.683. The first-order valence-electron chi connectivity index (χ1n) is 9.41. The van der Waals surface area contributed by atoms with Crippen LogP contribution in [0.3, 0.4) is 0 Å². The van der Waals surface area contributed by atoms with Crippen molar-refractivity contribution in [1.29, 1.82) is 0 Å². The fraction of sp³-hybridized carbons (Fsp3) is 0.550. The highest BCUT2D eigenvalue weighted by molar-refractivity contribution is 6.01. The maximum Gasteiger partial charge on any atom is 0.231 e. The minimum Gasteiger partial charge on any atom is -0.454 e. The molecular weight excluding hydrogens is 316 g/mol. The van der Waals surface area contributed by atoms with Crippen LogP contribution in [0.4, 0.5) is 5.69 Å². The summed E-state index contributed by atoms with van der Waals surface area (Å²) < 4.78 is 11.3. The van der Waals surface area contributed by atoms with Gasteiger partial charge in [-0.1, -0.05) is 12.2 Å². The molecule has 2 saturated heterocycles. The molecule has 1 saturated carbocycles. The predicted molar refractivity (Wildman–Crippen MR) is 90.9 cm³/mol. The molecule has 1 aliphatic carbocycles. The number of anilines is 1. The number of piperidine rings is 2. The average Bonchev–Trinajstić information content (AvgIpc) is 3.25. The Hall–Kier alpha value is -2.01. The molecule has 25 heavy (non-hydrogen) atoms. The van der Waals surface area contributed by atoms with Crippen LogP contribution in [0.2, 0.25) is 0 Å². The highest BCUT2D eigenvalue weighted by atomic mass is 16.7. The lowest BCUT2D eigenvalue weighted by Gasteiger charge is -2.59. The monoisotopic (exact) mass is 336 g/mol. The van der Waals surface area contributed by atoms with Gasteiger partial charge in [-0.25, -0.2) is 0 Å². The first-order valence-corrected chi connectivity index (χ1v) is 9.41. The Morgan fingerprint density at radius 1 is 1.16 bits per heavy atom. The summed E-state index contributed by atoms with van der Waals surface area (Å²) in [6, 6.07) is 4.69. The Labute approximate surface area is 146 Å². The molecule has 1 amide bonds. The van der Waals surface area contributed by atoms with Gasteiger partial charge in [0.15, 0.2) is 11.5 Å². The molecule has 1 spiro atoms. The van der Waals surface area contributed by atoms with Crippen LogP contribution in [0.25, 0.3) is 0 Å². The summed E-state index contributed by atoms with van der Waals surface area (Å²) in [6.07, 6.45) is 8.69. The molecular formula is C20H20N2O3. The van der Waals surface area contributed by atoms with Crippen LogP contribution in [0.1, 0.15) is 37.2 Å². The molecule has 0 N–H and O–H groups in total. The second-order valence-corrected chi connectivity index (χ2v) is 8.54. The average molecular weight is 336 g/mol. The second-order valence-electron chi connectivity index (χ2n) is 8.54. The van der Waals surface area contributed by atoms with Crippen LogP contribution < -0.4 is 14.4 Å². The number of ether oxygens (including phenoxy) is 2. The first kappa shape index (κ1) is 13.2. The van der Waals surface area contributed by atoms with Crippen molar-refractivity contribution in [1.82, 2.24) is 4.90 Å². The standard InChI is InChI=1S/C20H20N2O3/c23-17-10-19-3-1-6-21-7-2-13-12-8-15-16(25-11-24-15)9-14(12)22(17)20(13,5-4-19)18(19)21/h1,3,8-9,13,18H,2,4-7,10-11H2/t13?,18-,19-,20+/m0/s1. The van der Waals surface area contributed by atoms with E-state index in [0.29, 0.717) is 24.3 Å². The van der Waals surface area contributed by atoms with Crippen LogP contribution in [0.5, 0.6) is 11.5 Å². The van der Waals surface area contributed by atoms with Crippen molar-refractivity contribution in [3.05, 3.63) is 29.8 Å². The van der Waals surface area contributed by atoms with Crippen molar-refractivity contribution in [2.24, 2.45) is 5.41 Å². The van der Waals surface area contributed by atoms with E-state index in [1.165, 1.54) is 5.56 Å². The molecule has 5 heteroatoms. The molecule has 0 aromatic heterocycles. The van der Waals surface area contributed by atoms with Gasteiger partial charge in [-0.3, -0.25) is 9.69 Å². The summed E-state index contributed by atoms with van der Waals surface area (Å²) in [5, 5.41) is 0. The fourth-order valence-corrected chi connectivity index (χ4v) is 7.15. The zero-order valence-electron chi connectivity index (χ0n) is 14.0. The first-order chi connectivity index (χ1) is 12.2. The third-order valence-corrected chi connectivity index (χ3v) is 7.76. The van der Waals surface area contributed by atoms with E-state index in [1.54, 1.807) is 0 Å². The maximum absolute atomic E-state index is 13.3. The Kier molecular flexibility index (Phi) is 2.05. The molecule has 0 radical (unpaired) electrons. The molecule has 2 bridgehead atoms. The number of fused-ring (bicyclic) bond motifs is 4. The normalized spacial score (nSPS) is 41.9. The van der Waals surface area contributed by atoms with Crippen LogP contribution in [0.15, 0.2) is 24.3 Å². The smallest absolute Gasteiger partial charge is 0.231 e. The minimum atomic E-state index is -0.0598. The highest BCUT2D eigenvalue weighted by Crippen LogP contribution is 2.69. The summed E-state index contributed by atoms with van der Waals surface area (Å²) in [7, 11) is 0. The SMILES string of the molecule is O=C1C[C@]23C=CCN4CCC5c6cc7c(cc6N1[C@@]5(CC2)[C@@H]43)OCO7. The molecule has 4 atom stereocenters. The third-order valence-electron chi connectivity index (χ3n) is 7.76. The van der Waals surface area contributed by atoms with Crippen LogP contribution in [0, 0.1) is 5.41 Å². The van der Waals surface area contributed by atoms with Crippen molar-refractivity contribution in [2.45, 2.75) is 43.2 Å². The highest BCUT2D eigenvalue weighted by Gasteiger charge is 2.73. The molecule has 1 unspecified atom stereocenters. The summed E-state index contributed by atoms with van der Waals surface area (Å²) >= 11 is 0. The summed E-state index contributed by atoms with van der Waals surface area (Å²) in [5.41, 5.74) is 2.40. The number of carbonyl (C=O) groups excluding carboxylic acids is 1. The number of rotatable bonds is 0. The zero-order valence-corrected chi connectivity index (χ0v) is 14.0. The molecule has 5 aliphatic heterocycles. The van der Waals surface area contributed by atoms with E-state index in [9.17, 15) is 4.79 Å². The molecule has 6 aliphatic rings. The fourth-order valence-electron chi connectivity index (χ4n) is 7.15. The van der Waals surface area contributed by atoms with Gasteiger partial charge in [0.2, 0.25) is 12.7 Å². The topological polar surface area (TPSA) is 42.0 Å². The molecule has 1 aromatic rings. The zero-order chi connectivity index (χ0) is 16.4. The lowest BCUT2D eigenvalue weighted by molar-refractivity contribution is -0.127. The molecule has 7 rings (SSSR count). The van der Waals surface area contributed by atoms with E-state index in [1.807, 2.05) is 0 Å². The van der Waals surface area contributed by atoms with Crippen molar-refractivity contribution in [3.63, 3.8) is 0 Å². The number of benzene rings is 1. The number of nitrogens with zero attached hydrogens (tertiary/aromatic N) is 2. The Balaban J connectivity index is 1.52. The number of hydrogen-bond acceptors (Lipinski definition) is 4. The second kappa shape index (κ2) is 3.88. The molecule has 3 fully saturated rings. The summed E-state index contributed by atoms with van der Waals surface area (Å²) in [5.74, 6) is 2.36. The van der Waals surface area contributed by atoms with Gasteiger partial charge in [-0.2, -0.15) is 0 Å².